The van der Waals surface area contributed by atoms with E-state index < -0.39 is 17.8 Å². The highest BCUT2D eigenvalue weighted by Gasteiger charge is 2.51. The van der Waals surface area contributed by atoms with Crippen LogP contribution in [0, 0.1) is 37.5 Å². The summed E-state index contributed by atoms with van der Waals surface area (Å²) in [6.45, 7) is 3.90. The zero-order valence-electron chi connectivity index (χ0n) is 12.2. The minimum atomic E-state index is -0.868. The second kappa shape index (κ2) is 5.02. The number of carbonyl (C=O) groups excluding carboxylic acids is 1. The Hall–Kier alpha value is -2.10. The van der Waals surface area contributed by atoms with Gasteiger partial charge in [-0.2, -0.15) is 0 Å². The van der Waals surface area contributed by atoms with Crippen molar-refractivity contribution in [3.05, 3.63) is 41.5 Å². The van der Waals surface area contributed by atoms with E-state index in [0.717, 1.165) is 23.2 Å². The van der Waals surface area contributed by atoms with Gasteiger partial charge >= 0.3 is 5.97 Å². The molecule has 1 aromatic rings. The third-order valence-corrected chi connectivity index (χ3v) is 4.70. The van der Waals surface area contributed by atoms with Crippen molar-refractivity contribution in [2.24, 2.45) is 23.7 Å². The first-order valence-corrected chi connectivity index (χ1v) is 7.26. The maximum absolute atomic E-state index is 12.6. The zero-order chi connectivity index (χ0) is 15.1. The van der Waals surface area contributed by atoms with Crippen LogP contribution in [0.15, 0.2) is 30.4 Å². The number of amides is 1. The van der Waals surface area contributed by atoms with Crippen LogP contribution in [-0.4, -0.2) is 17.0 Å². The van der Waals surface area contributed by atoms with Gasteiger partial charge in [0.1, 0.15) is 0 Å². The van der Waals surface area contributed by atoms with Crippen molar-refractivity contribution in [2.45, 2.75) is 20.3 Å². The number of carboxylic acids is 1. The zero-order valence-corrected chi connectivity index (χ0v) is 12.2. The SMILES string of the molecule is Cc1ccc(C)c(NC(=O)[C@@H]2[C@@H](C(=O)O)[C@H]3C=C[C@@H]2C3)c1. The van der Waals surface area contributed by atoms with Gasteiger partial charge in [-0.05, 0) is 49.3 Å². The van der Waals surface area contributed by atoms with E-state index in [1.165, 1.54) is 0 Å². The molecular formula is C17H19NO3. The summed E-state index contributed by atoms with van der Waals surface area (Å²) in [6.07, 6.45) is 4.73. The number of allylic oxidation sites excluding steroid dienone is 2. The van der Waals surface area contributed by atoms with Gasteiger partial charge in [-0.25, -0.2) is 0 Å². The lowest BCUT2D eigenvalue weighted by Crippen LogP contribution is -2.36. The number of carbonyl (C=O) groups is 2. The molecule has 2 aliphatic rings. The molecule has 21 heavy (non-hydrogen) atoms. The molecule has 1 fully saturated rings. The third-order valence-electron chi connectivity index (χ3n) is 4.70. The number of benzene rings is 1. The number of hydrogen-bond acceptors (Lipinski definition) is 2. The highest BCUT2D eigenvalue weighted by Crippen LogP contribution is 2.48. The molecule has 0 heterocycles. The van der Waals surface area contributed by atoms with Gasteiger partial charge in [-0.3, -0.25) is 9.59 Å². The van der Waals surface area contributed by atoms with Crippen LogP contribution in [0.1, 0.15) is 17.5 Å². The number of carboxylic acid groups (broad SMARTS) is 1. The van der Waals surface area contributed by atoms with Gasteiger partial charge in [0.05, 0.1) is 11.8 Å². The topological polar surface area (TPSA) is 66.4 Å². The minimum Gasteiger partial charge on any atom is -0.481 e. The summed E-state index contributed by atoms with van der Waals surface area (Å²) in [5.41, 5.74) is 2.83. The van der Waals surface area contributed by atoms with E-state index in [0.29, 0.717) is 0 Å². The van der Waals surface area contributed by atoms with E-state index in [2.05, 4.69) is 5.32 Å². The molecule has 2 aliphatic carbocycles. The van der Waals surface area contributed by atoms with E-state index in [1.807, 2.05) is 44.2 Å². The lowest BCUT2D eigenvalue weighted by molar-refractivity contribution is -0.146. The number of rotatable bonds is 3. The number of hydrogen-bond donors (Lipinski definition) is 2. The lowest BCUT2D eigenvalue weighted by atomic mass is 9.82. The molecule has 4 heteroatoms. The summed E-state index contributed by atoms with van der Waals surface area (Å²) in [5, 5.41) is 12.3. The Morgan fingerprint density at radius 3 is 2.48 bits per heavy atom. The first-order valence-electron chi connectivity index (χ1n) is 7.26. The van der Waals surface area contributed by atoms with Crippen LogP contribution in [-0.2, 0) is 9.59 Å². The average molecular weight is 285 g/mol. The minimum absolute atomic E-state index is 0.00172. The van der Waals surface area contributed by atoms with Gasteiger partial charge < -0.3 is 10.4 Å². The largest absolute Gasteiger partial charge is 0.481 e. The van der Waals surface area contributed by atoms with Crippen LogP contribution >= 0.6 is 0 Å². The molecule has 0 unspecified atom stereocenters. The van der Waals surface area contributed by atoms with Crippen molar-refractivity contribution in [1.82, 2.24) is 0 Å². The Morgan fingerprint density at radius 2 is 1.81 bits per heavy atom. The molecule has 1 saturated carbocycles. The van der Waals surface area contributed by atoms with Gasteiger partial charge in [0.15, 0.2) is 0 Å². The van der Waals surface area contributed by atoms with Crippen LogP contribution in [0.3, 0.4) is 0 Å². The Balaban J connectivity index is 1.83. The van der Waals surface area contributed by atoms with Gasteiger partial charge in [0, 0.05) is 5.69 Å². The third kappa shape index (κ3) is 2.35. The summed E-state index contributed by atoms with van der Waals surface area (Å²) < 4.78 is 0. The van der Waals surface area contributed by atoms with Crippen molar-refractivity contribution in [1.29, 1.82) is 0 Å². The molecule has 2 bridgehead atoms. The second-order valence-corrected chi connectivity index (χ2v) is 6.15. The maximum atomic E-state index is 12.6. The Morgan fingerprint density at radius 1 is 1.14 bits per heavy atom. The predicted octanol–water partition coefficient (Wildman–Crippen LogP) is 2.76. The number of aliphatic carboxylic acids is 1. The van der Waals surface area contributed by atoms with E-state index >= 15 is 0 Å². The molecular weight excluding hydrogens is 266 g/mol. The van der Waals surface area contributed by atoms with Crippen LogP contribution in [0.2, 0.25) is 0 Å². The lowest BCUT2D eigenvalue weighted by Gasteiger charge is -2.24. The summed E-state index contributed by atoms with van der Waals surface area (Å²) in [6, 6.07) is 5.87. The van der Waals surface area contributed by atoms with Crippen LogP contribution in [0.4, 0.5) is 5.69 Å². The Labute approximate surface area is 123 Å². The van der Waals surface area contributed by atoms with Crippen molar-refractivity contribution in [3.8, 4) is 0 Å². The van der Waals surface area contributed by atoms with Crippen molar-refractivity contribution >= 4 is 17.6 Å². The van der Waals surface area contributed by atoms with E-state index in [9.17, 15) is 14.7 Å². The quantitative estimate of drug-likeness (QED) is 0.839. The molecule has 0 aliphatic heterocycles. The summed E-state index contributed by atoms with van der Waals surface area (Å²) in [5.74, 6) is -2.04. The monoisotopic (exact) mass is 285 g/mol. The number of nitrogens with one attached hydrogen (secondary N) is 1. The molecule has 2 N–H and O–H groups in total. The maximum Gasteiger partial charge on any atom is 0.307 e. The van der Waals surface area contributed by atoms with Gasteiger partial charge in [0.25, 0.3) is 0 Å². The number of fused-ring (bicyclic) bond motifs is 2. The number of aryl methyl sites for hydroxylation is 2. The molecule has 0 radical (unpaired) electrons. The molecule has 1 aromatic carbocycles. The highest BCUT2D eigenvalue weighted by atomic mass is 16.4. The van der Waals surface area contributed by atoms with E-state index in [4.69, 9.17) is 0 Å². The van der Waals surface area contributed by atoms with Gasteiger partial charge in [-0.1, -0.05) is 24.3 Å². The predicted molar refractivity (Wildman–Crippen MR) is 79.9 cm³/mol. The molecule has 4 atom stereocenters. The first-order chi connectivity index (χ1) is 9.97. The highest BCUT2D eigenvalue weighted by molar-refractivity contribution is 5.97. The van der Waals surface area contributed by atoms with E-state index in [1.54, 1.807) is 0 Å². The molecule has 0 aromatic heterocycles. The summed E-state index contributed by atoms with van der Waals surface area (Å²) in [7, 11) is 0. The molecule has 0 spiro atoms. The second-order valence-electron chi connectivity index (χ2n) is 6.15. The van der Waals surface area contributed by atoms with Gasteiger partial charge in [0.2, 0.25) is 5.91 Å². The van der Waals surface area contributed by atoms with Crippen molar-refractivity contribution in [3.63, 3.8) is 0 Å². The standard InChI is InChI=1S/C17H19NO3/c1-9-3-4-10(2)13(7-9)18-16(19)14-11-5-6-12(8-11)15(14)17(20)21/h3-7,11-12,14-15H,8H2,1-2H3,(H,18,19)(H,20,21)/t11-,12+,14+,15+/m1/s1. The van der Waals surface area contributed by atoms with Crippen molar-refractivity contribution in [2.75, 3.05) is 5.32 Å². The fourth-order valence-electron chi connectivity index (χ4n) is 3.60. The summed E-state index contributed by atoms with van der Waals surface area (Å²) >= 11 is 0. The summed E-state index contributed by atoms with van der Waals surface area (Å²) in [4.78, 5) is 24.0. The fourth-order valence-corrected chi connectivity index (χ4v) is 3.60. The van der Waals surface area contributed by atoms with Crippen LogP contribution in [0.5, 0.6) is 0 Å². The fraction of sp³-hybridized carbons (Fsp3) is 0.412. The number of anilines is 1. The Kier molecular flexibility index (Phi) is 3.32. The van der Waals surface area contributed by atoms with Crippen LogP contribution < -0.4 is 5.32 Å². The van der Waals surface area contributed by atoms with Crippen LogP contribution in [0.25, 0.3) is 0 Å². The molecule has 4 nitrogen and oxygen atoms in total. The molecule has 0 saturated heterocycles. The first kappa shape index (κ1) is 13.9. The van der Waals surface area contributed by atoms with E-state index in [-0.39, 0.29) is 17.7 Å². The Bertz CT molecular complexity index is 635. The molecule has 110 valence electrons. The van der Waals surface area contributed by atoms with Gasteiger partial charge in [-0.15, -0.1) is 0 Å². The normalized spacial score (nSPS) is 29.6. The molecule has 1 amide bonds. The smallest absolute Gasteiger partial charge is 0.307 e. The average Bonchev–Trinajstić information content (AvgIpc) is 3.03. The van der Waals surface area contributed by atoms with Crippen molar-refractivity contribution < 1.29 is 14.7 Å². The molecule has 3 rings (SSSR count).